The molecular formula is C34H45N3O6. The molecule has 0 amide bonds. The molecule has 1 saturated heterocycles. The molecule has 1 fully saturated rings. The lowest BCUT2D eigenvalue weighted by Crippen LogP contribution is -2.54. The Hall–Kier alpha value is -3.66. The van der Waals surface area contributed by atoms with Gasteiger partial charge < -0.3 is 43.5 Å². The Bertz CT molecular complexity index is 1260. The number of benzene rings is 3. The molecule has 0 radical (unpaired) electrons. The van der Waals surface area contributed by atoms with E-state index in [1.165, 1.54) is 5.69 Å². The summed E-state index contributed by atoms with van der Waals surface area (Å²) in [5, 5.41) is 3.52. The molecule has 232 valence electrons. The van der Waals surface area contributed by atoms with Gasteiger partial charge in [-0.3, -0.25) is 0 Å². The molecule has 1 N–H and O–H groups in total. The zero-order chi connectivity index (χ0) is 29.7. The van der Waals surface area contributed by atoms with Gasteiger partial charge in [0.2, 0.25) is 0 Å². The van der Waals surface area contributed by atoms with E-state index < -0.39 is 0 Å². The molecule has 2 heterocycles. The number of para-hydroxylation sites is 1. The molecule has 1 unspecified atom stereocenters. The van der Waals surface area contributed by atoms with Crippen molar-refractivity contribution in [3.8, 4) is 23.0 Å². The quantitative estimate of drug-likeness (QED) is 0.237. The summed E-state index contributed by atoms with van der Waals surface area (Å²) in [7, 11) is 3.43. The third-order valence-corrected chi connectivity index (χ3v) is 7.78. The number of nitrogens with zero attached hydrogens (tertiary/aromatic N) is 2. The van der Waals surface area contributed by atoms with Gasteiger partial charge in [-0.25, -0.2) is 0 Å². The first-order valence-electron chi connectivity index (χ1n) is 15.3. The first-order valence-corrected chi connectivity index (χ1v) is 15.3. The van der Waals surface area contributed by atoms with Gasteiger partial charge in [0.1, 0.15) is 36.2 Å². The highest BCUT2D eigenvalue weighted by atomic mass is 16.5. The van der Waals surface area contributed by atoms with E-state index in [0.29, 0.717) is 33.0 Å². The van der Waals surface area contributed by atoms with Gasteiger partial charge in [0.15, 0.2) is 0 Å². The van der Waals surface area contributed by atoms with Gasteiger partial charge in [0, 0.05) is 63.6 Å². The van der Waals surface area contributed by atoms with Crippen LogP contribution in [0.15, 0.2) is 66.7 Å². The molecule has 2 aliphatic heterocycles. The number of rotatable bonds is 16. The van der Waals surface area contributed by atoms with Crippen LogP contribution in [-0.2, 0) is 16.1 Å². The Morgan fingerprint density at radius 3 is 2.60 bits per heavy atom. The second kappa shape index (κ2) is 16.3. The highest BCUT2D eigenvalue weighted by Crippen LogP contribution is 2.35. The van der Waals surface area contributed by atoms with E-state index in [1.54, 1.807) is 14.2 Å². The SMILES string of the molecule is COCCCN1CCOc2ccc(OCC3CNCCN3c3ccc(OCCCOCc4ccccc4OC)cc3)cc21. The van der Waals surface area contributed by atoms with Gasteiger partial charge in [-0.2, -0.15) is 0 Å². The monoisotopic (exact) mass is 591 g/mol. The second-order valence-corrected chi connectivity index (χ2v) is 10.7. The van der Waals surface area contributed by atoms with Crippen LogP contribution in [-0.4, -0.2) is 86.0 Å². The Labute approximate surface area is 255 Å². The predicted molar refractivity (Wildman–Crippen MR) is 169 cm³/mol. The minimum atomic E-state index is 0.214. The van der Waals surface area contributed by atoms with Gasteiger partial charge in [-0.05, 0) is 48.9 Å². The maximum Gasteiger partial charge on any atom is 0.142 e. The number of fused-ring (bicyclic) bond motifs is 1. The summed E-state index contributed by atoms with van der Waals surface area (Å²) in [6, 6.07) is 22.7. The third kappa shape index (κ3) is 8.69. The van der Waals surface area contributed by atoms with Crippen molar-refractivity contribution >= 4 is 11.4 Å². The minimum absolute atomic E-state index is 0.214. The normalized spacial score (nSPS) is 16.4. The predicted octanol–water partition coefficient (Wildman–Crippen LogP) is 4.77. The van der Waals surface area contributed by atoms with Crippen LogP contribution >= 0.6 is 0 Å². The molecule has 9 heteroatoms. The molecule has 2 aliphatic rings. The van der Waals surface area contributed by atoms with Crippen LogP contribution in [0, 0.1) is 0 Å². The average Bonchev–Trinajstić information content (AvgIpc) is 3.06. The number of nitrogens with one attached hydrogen (secondary N) is 1. The van der Waals surface area contributed by atoms with E-state index >= 15 is 0 Å². The van der Waals surface area contributed by atoms with Crippen LogP contribution in [0.2, 0.25) is 0 Å². The number of piperazine rings is 1. The first-order chi connectivity index (χ1) is 21.2. The largest absolute Gasteiger partial charge is 0.496 e. The van der Waals surface area contributed by atoms with Crippen molar-refractivity contribution in [3.05, 3.63) is 72.3 Å². The second-order valence-electron chi connectivity index (χ2n) is 10.7. The molecule has 5 rings (SSSR count). The highest BCUT2D eigenvalue weighted by molar-refractivity contribution is 5.63. The van der Waals surface area contributed by atoms with Gasteiger partial charge in [-0.15, -0.1) is 0 Å². The zero-order valence-corrected chi connectivity index (χ0v) is 25.5. The summed E-state index contributed by atoms with van der Waals surface area (Å²) in [6.07, 6.45) is 1.79. The minimum Gasteiger partial charge on any atom is -0.496 e. The van der Waals surface area contributed by atoms with Crippen molar-refractivity contribution in [2.75, 3.05) is 89.8 Å². The fourth-order valence-corrected chi connectivity index (χ4v) is 5.51. The summed E-state index contributed by atoms with van der Waals surface area (Å²) in [4.78, 5) is 4.78. The lowest BCUT2D eigenvalue weighted by Gasteiger charge is -2.38. The van der Waals surface area contributed by atoms with Crippen molar-refractivity contribution in [2.24, 2.45) is 0 Å². The van der Waals surface area contributed by atoms with Crippen molar-refractivity contribution in [1.82, 2.24) is 5.32 Å². The molecule has 9 nitrogen and oxygen atoms in total. The molecule has 43 heavy (non-hydrogen) atoms. The van der Waals surface area contributed by atoms with Crippen LogP contribution in [0.25, 0.3) is 0 Å². The van der Waals surface area contributed by atoms with E-state index in [-0.39, 0.29) is 6.04 Å². The van der Waals surface area contributed by atoms with Crippen LogP contribution in [0.3, 0.4) is 0 Å². The highest BCUT2D eigenvalue weighted by Gasteiger charge is 2.24. The number of hydrogen-bond donors (Lipinski definition) is 1. The standard InChI is InChI=1S/C34H45N3O6/c1-38-19-5-16-36-18-22-42-34-14-13-31(23-32(34)36)43-26-29-24-35-15-17-37(29)28-9-11-30(12-10-28)41-21-6-20-40-25-27-7-3-4-8-33(27)39-2/h3-4,7-14,23,29,35H,5-6,15-22,24-26H2,1-2H3. The molecule has 1 atom stereocenters. The number of anilines is 2. The molecule has 0 spiro atoms. The summed E-state index contributed by atoms with van der Waals surface area (Å²) >= 11 is 0. The maximum atomic E-state index is 6.36. The van der Waals surface area contributed by atoms with E-state index in [9.17, 15) is 0 Å². The van der Waals surface area contributed by atoms with Crippen LogP contribution in [0.4, 0.5) is 11.4 Å². The van der Waals surface area contributed by atoms with Crippen molar-refractivity contribution < 1.29 is 28.4 Å². The summed E-state index contributed by atoms with van der Waals surface area (Å²) in [5.74, 6) is 3.50. The molecule has 0 aromatic heterocycles. The topological polar surface area (TPSA) is 73.9 Å². The van der Waals surface area contributed by atoms with Gasteiger partial charge in [-0.1, -0.05) is 18.2 Å². The van der Waals surface area contributed by atoms with E-state index in [1.807, 2.05) is 48.5 Å². The molecule has 3 aromatic carbocycles. The average molecular weight is 592 g/mol. The van der Waals surface area contributed by atoms with Crippen LogP contribution in [0.1, 0.15) is 18.4 Å². The van der Waals surface area contributed by atoms with Gasteiger partial charge >= 0.3 is 0 Å². The first kappa shape index (κ1) is 30.8. The van der Waals surface area contributed by atoms with E-state index in [0.717, 1.165) is 86.4 Å². The van der Waals surface area contributed by atoms with Gasteiger partial charge in [0.05, 0.1) is 45.2 Å². The Balaban J connectivity index is 1.08. The summed E-state index contributed by atoms with van der Waals surface area (Å²) < 4.78 is 34.7. The molecule has 3 aromatic rings. The van der Waals surface area contributed by atoms with Crippen molar-refractivity contribution in [1.29, 1.82) is 0 Å². The molecule has 0 aliphatic carbocycles. The number of methoxy groups -OCH3 is 2. The Kier molecular flexibility index (Phi) is 11.6. The lowest BCUT2D eigenvalue weighted by molar-refractivity contribution is 0.105. The Morgan fingerprint density at radius 2 is 1.74 bits per heavy atom. The Morgan fingerprint density at radius 1 is 0.884 bits per heavy atom. The van der Waals surface area contributed by atoms with Crippen molar-refractivity contribution in [3.63, 3.8) is 0 Å². The van der Waals surface area contributed by atoms with Crippen molar-refractivity contribution in [2.45, 2.75) is 25.5 Å². The van der Waals surface area contributed by atoms with Crippen LogP contribution < -0.4 is 34.1 Å². The molecule has 0 saturated carbocycles. The fourth-order valence-electron chi connectivity index (χ4n) is 5.51. The summed E-state index contributed by atoms with van der Waals surface area (Å²) in [5.41, 5.74) is 3.32. The molecule has 0 bridgehead atoms. The number of ether oxygens (including phenoxy) is 6. The fraction of sp³-hybridized carbons (Fsp3) is 0.471. The van der Waals surface area contributed by atoms with E-state index in [2.05, 4.69) is 33.3 Å². The smallest absolute Gasteiger partial charge is 0.142 e. The van der Waals surface area contributed by atoms with Gasteiger partial charge in [0.25, 0.3) is 0 Å². The maximum absolute atomic E-state index is 6.36. The number of hydrogen-bond acceptors (Lipinski definition) is 9. The molecular weight excluding hydrogens is 546 g/mol. The summed E-state index contributed by atoms with van der Waals surface area (Å²) in [6.45, 7) is 8.33. The third-order valence-electron chi connectivity index (χ3n) is 7.78. The zero-order valence-electron chi connectivity index (χ0n) is 25.5. The lowest BCUT2D eigenvalue weighted by atomic mass is 10.1. The van der Waals surface area contributed by atoms with Crippen LogP contribution in [0.5, 0.6) is 23.0 Å². The van der Waals surface area contributed by atoms with E-state index in [4.69, 9.17) is 28.4 Å².